The van der Waals surface area contributed by atoms with E-state index in [1.165, 1.54) is 12.1 Å². The van der Waals surface area contributed by atoms with Crippen LogP contribution in [0.1, 0.15) is 16.7 Å². The van der Waals surface area contributed by atoms with Gasteiger partial charge in [-0.3, -0.25) is 4.28 Å². The van der Waals surface area contributed by atoms with Crippen molar-refractivity contribution in [3.8, 4) is 6.07 Å². The van der Waals surface area contributed by atoms with Crippen molar-refractivity contribution >= 4 is 15.8 Å². The number of oxime groups is 1. The van der Waals surface area contributed by atoms with Crippen LogP contribution in [0.4, 0.5) is 0 Å². The lowest BCUT2D eigenvalue weighted by atomic mass is 10.1. The molecular weight excluding hydrogens is 300 g/mol. The summed E-state index contributed by atoms with van der Waals surface area (Å²) < 4.78 is 28.7. The maximum atomic E-state index is 12.0. The van der Waals surface area contributed by atoms with Gasteiger partial charge in [0.15, 0.2) is 5.71 Å². The van der Waals surface area contributed by atoms with Gasteiger partial charge in [0.1, 0.15) is 11.0 Å². The number of nitrogens with zero attached hydrogens (tertiary/aromatic N) is 2. The predicted octanol–water partition coefficient (Wildman–Crippen LogP) is 2.94. The van der Waals surface area contributed by atoms with Crippen molar-refractivity contribution in [2.24, 2.45) is 5.16 Å². The Balaban J connectivity index is 2.31. The van der Waals surface area contributed by atoms with E-state index in [4.69, 9.17) is 5.26 Å². The molecule has 2 rings (SSSR count). The number of rotatable bonds is 4. The zero-order chi connectivity index (χ0) is 16.2. The molecule has 112 valence electrons. The number of hydrogen-bond donors (Lipinski definition) is 0. The van der Waals surface area contributed by atoms with Crippen LogP contribution in [0.25, 0.3) is 0 Å². The number of nitriles is 1. The highest BCUT2D eigenvalue weighted by Crippen LogP contribution is 2.15. The average molecular weight is 314 g/mol. The largest absolute Gasteiger partial charge is 0.358 e. The standard InChI is InChI=1S/C16H14N2O3S/c1-12-7-9-14(10-8-12)22(19,20)21-18-16(11-17)15-6-4-3-5-13(15)2/h3-10H,1-2H3/b18-16+. The quantitative estimate of drug-likeness (QED) is 0.642. The van der Waals surface area contributed by atoms with Crippen LogP contribution < -0.4 is 0 Å². The van der Waals surface area contributed by atoms with Crippen molar-refractivity contribution in [3.63, 3.8) is 0 Å². The molecule has 22 heavy (non-hydrogen) atoms. The Morgan fingerprint density at radius 2 is 1.73 bits per heavy atom. The molecule has 0 fully saturated rings. The number of aryl methyl sites for hydroxylation is 2. The van der Waals surface area contributed by atoms with Crippen LogP contribution in [-0.4, -0.2) is 14.1 Å². The van der Waals surface area contributed by atoms with Gasteiger partial charge >= 0.3 is 10.1 Å². The normalized spacial score (nSPS) is 11.8. The molecule has 0 aromatic heterocycles. The Bertz CT molecular complexity index is 848. The first-order valence-corrected chi connectivity index (χ1v) is 7.89. The van der Waals surface area contributed by atoms with E-state index in [0.717, 1.165) is 11.1 Å². The number of hydrogen-bond acceptors (Lipinski definition) is 5. The fraction of sp³-hybridized carbons (Fsp3) is 0.125. The Morgan fingerprint density at radius 3 is 2.32 bits per heavy atom. The van der Waals surface area contributed by atoms with Gasteiger partial charge in [0.05, 0.1) is 0 Å². The van der Waals surface area contributed by atoms with Crippen LogP contribution in [0.15, 0.2) is 58.6 Å². The minimum absolute atomic E-state index is 0.0103. The monoisotopic (exact) mass is 314 g/mol. The minimum atomic E-state index is -4.04. The van der Waals surface area contributed by atoms with Gasteiger partial charge in [-0.25, -0.2) is 0 Å². The van der Waals surface area contributed by atoms with Crippen LogP contribution in [0.5, 0.6) is 0 Å². The lowest BCUT2D eigenvalue weighted by molar-refractivity contribution is 0.339. The Hall–Kier alpha value is -2.65. The summed E-state index contributed by atoms with van der Waals surface area (Å²) in [5, 5.41) is 12.7. The van der Waals surface area contributed by atoms with Gasteiger partial charge in [-0.05, 0) is 31.5 Å². The summed E-state index contributed by atoms with van der Waals surface area (Å²) in [7, 11) is -4.04. The van der Waals surface area contributed by atoms with E-state index in [9.17, 15) is 8.42 Å². The van der Waals surface area contributed by atoms with E-state index in [2.05, 4.69) is 9.44 Å². The van der Waals surface area contributed by atoms with Gasteiger partial charge < -0.3 is 0 Å². The first-order chi connectivity index (χ1) is 10.4. The van der Waals surface area contributed by atoms with Crippen molar-refractivity contribution in [1.29, 1.82) is 5.26 Å². The third-order valence-electron chi connectivity index (χ3n) is 3.04. The van der Waals surface area contributed by atoms with E-state index in [-0.39, 0.29) is 10.6 Å². The molecule has 2 aromatic rings. The molecule has 6 heteroatoms. The summed E-state index contributed by atoms with van der Waals surface area (Å²) in [6.45, 7) is 3.65. The van der Waals surface area contributed by atoms with Crippen molar-refractivity contribution in [2.45, 2.75) is 18.7 Å². The van der Waals surface area contributed by atoms with E-state index in [1.807, 2.05) is 19.1 Å². The fourth-order valence-corrected chi connectivity index (χ4v) is 2.53. The maximum Gasteiger partial charge on any atom is 0.358 e. The summed E-state index contributed by atoms with van der Waals surface area (Å²) >= 11 is 0. The smallest absolute Gasteiger partial charge is 0.263 e. The third kappa shape index (κ3) is 3.51. The van der Waals surface area contributed by atoms with E-state index in [1.54, 1.807) is 37.3 Å². The van der Waals surface area contributed by atoms with Gasteiger partial charge in [0.2, 0.25) is 0 Å². The Labute approximate surface area is 129 Å². The maximum absolute atomic E-state index is 12.0. The third-order valence-corrected chi connectivity index (χ3v) is 4.16. The molecule has 0 atom stereocenters. The molecule has 5 nitrogen and oxygen atoms in total. The molecule has 0 aliphatic heterocycles. The Kier molecular flexibility index (Phi) is 4.59. The first-order valence-electron chi connectivity index (χ1n) is 6.48. The lowest BCUT2D eigenvalue weighted by Gasteiger charge is -2.04. The first kappa shape index (κ1) is 15.7. The molecule has 0 heterocycles. The highest BCUT2D eigenvalue weighted by atomic mass is 32.2. The van der Waals surface area contributed by atoms with E-state index >= 15 is 0 Å². The molecule has 0 amide bonds. The SMILES string of the molecule is Cc1ccc(S(=O)(=O)O/N=C(\C#N)c2ccccc2C)cc1. The molecule has 0 aliphatic carbocycles. The summed E-state index contributed by atoms with van der Waals surface area (Å²) in [5.41, 5.74) is 2.18. The molecule has 2 aromatic carbocycles. The molecule has 0 saturated heterocycles. The zero-order valence-corrected chi connectivity index (χ0v) is 13.0. The summed E-state index contributed by atoms with van der Waals surface area (Å²) in [6, 6.07) is 15.1. The second kappa shape index (κ2) is 6.41. The molecule has 0 unspecified atom stereocenters. The highest BCUT2D eigenvalue weighted by Gasteiger charge is 2.16. The zero-order valence-electron chi connectivity index (χ0n) is 12.1. The molecule has 0 radical (unpaired) electrons. The molecule has 0 N–H and O–H groups in total. The molecule has 0 bridgehead atoms. The van der Waals surface area contributed by atoms with Crippen LogP contribution in [0.3, 0.4) is 0 Å². The summed E-state index contributed by atoms with van der Waals surface area (Å²) in [4.78, 5) is -0.0103. The van der Waals surface area contributed by atoms with Gasteiger partial charge in [-0.15, -0.1) is 0 Å². The second-order valence-electron chi connectivity index (χ2n) is 4.71. The molecule has 0 aliphatic rings. The van der Waals surface area contributed by atoms with Crippen LogP contribution in [0.2, 0.25) is 0 Å². The summed E-state index contributed by atoms with van der Waals surface area (Å²) in [6.07, 6.45) is 0. The topological polar surface area (TPSA) is 79.5 Å². The lowest BCUT2D eigenvalue weighted by Crippen LogP contribution is -2.07. The van der Waals surface area contributed by atoms with Crippen molar-refractivity contribution in [2.75, 3.05) is 0 Å². The van der Waals surface area contributed by atoms with Gasteiger partial charge in [-0.2, -0.15) is 13.7 Å². The highest BCUT2D eigenvalue weighted by molar-refractivity contribution is 7.86. The molecule has 0 saturated carbocycles. The van der Waals surface area contributed by atoms with Crippen molar-refractivity contribution < 1.29 is 12.7 Å². The number of benzene rings is 2. The summed E-state index contributed by atoms with van der Waals surface area (Å²) in [5.74, 6) is 0. The van der Waals surface area contributed by atoms with E-state index in [0.29, 0.717) is 5.56 Å². The van der Waals surface area contributed by atoms with Crippen LogP contribution in [0, 0.1) is 25.2 Å². The molecule has 0 spiro atoms. The van der Waals surface area contributed by atoms with Crippen molar-refractivity contribution in [3.05, 3.63) is 65.2 Å². The van der Waals surface area contributed by atoms with Crippen LogP contribution in [-0.2, 0) is 14.4 Å². The van der Waals surface area contributed by atoms with Gasteiger partial charge in [0, 0.05) is 5.56 Å². The van der Waals surface area contributed by atoms with Gasteiger partial charge in [0.25, 0.3) is 0 Å². The average Bonchev–Trinajstić information content (AvgIpc) is 2.50. The van der Waals surface area contributed by atoms with Crippen LogP contribution >= 0.6 is 0 Å². The fourth-order valence-electron chi connectivity index (χ4n) is 1.80. The molecular formula is C16H14N2O3S. The Morgan fingerprint density at radius 1 is 1.09 bits per heavy atom. The van der Waals surface area contributed by atoms with Gasteiger partial charge in [-0.1, -0.05) is 47.1 Å². The second-order valence-corrected chi connectivity index (χ2v) is 6.24. The predicted molar refractivity (Wildman–Crippen MR) is 82.8 cm³/mol. The van der Waals surface area contributed by atoms with Crippen molar-refractivity contribution in [1.82, 2.24) is 0 Å². The van der Waals surface area contributed by atoms with E-state index < -0.39 is 10.1 Å². The minimum Gasteiger partial charge on any atom is -0.263 e.